The Morgan fingerprint density at radius 1 is 1.08 bits per heavy atom. The molecule has 0 saturated carbocycles. The largest absolute Gasteiger partial charge is 0.487 e. The van der Waals surface area contributed by atoms with Crippen molar-refractivity contribution in [3.05, 3.63) is 76.3 Å². The molecule has 3 aromatic carbocycles. The Labute approximate surface area is 149 Å². The van der Waals surface area contributed by atoms with Crippen molar-refractivity contribution in [3.63, 3.8) is 0 Å². The molecule has 24 heavy (non-hydrogen) atoms. The molecule has 0 aromatic heterocycles. The third kappa shape index (κ3) is 3.44. The summed E-state index contributed by atoms with van der Waals surface area (Å²) in [4.78, 5) is 11.0. The summed E-state index contributed by atoms with van der Waals surface area (Å²) in [5.41, 5.74) is 1.79. The molecule has 0 fully saturated rings. The van der Waals surface area contributed by atoms with Gasteiger partial charge in [-0.2, -0.15) is 0 Å². The van der Waals surface area contributed by atoms with Crippen LogP contribution in [0, 0.1) is 0 Å². The number of aliphatic carboxylic acids is 1. The molecule has 0 amide bonds. The highest BCUT2D eigenvalue weighted by atomic mass is 79.9. The van der Waals surface area contributed by atoms with Gasteiger partial charge in [0, 0.05) is 5.39 Å². The van der Waals surface area contributed by atoms with E-state index >= 15 is 0 Å². The van der Waals surface area contributed by atoms with Crippen LogP contribution in [0.1, 0.15) is 24.0 Å². The fraction of sp³-hybridized carbons (Fsp3) is 0.150. The van der Waals surface area contributed by atoms with Crippen LogP contribution in [0.25, 0.3) is 10.8 Å². The van der Waals surface area contributed by atoms with Crippen LogP contribution in [0.4, 0.5) is 0 Å². The van der Waals surface area contributed by atoms with Crippen LogP contribution < -0.4 is 4.74 Å². The van der Waals surface area contributed by atoms with Gasteiger partial charge >= 0.3 is 5.97 Å². The Hall–Kier alpha value is -2.33. The molecule has 1 N–H and O–H groups in total. The average molecular weight is 385 g/mol. The third-order valence-electron chi connectivity index (χ3n) is 4.06. The van der Waals surface area contributed by atoms with Crippen LogP contribution in [0.2, 0.25) is 0 Å². The van der Waals surface area contributed by atoms with E-state index in [0.717, 1.165) is 32.1 Å². The standard InChI is InChI=1S/C20H17BrO3/c1-13(20(22)23)15-8-6-14(7-9-15)12-24-19-17-5-3-2-4-16(17)10-11-18(19)21/h2-11,13H,12H2,1H3,(H,22,23). The lowest BCUT2D eigenvalue weighted by Crippen LogP contribution is -2.07. The number of hydrogen-bond donors (Lipinski definition) is 1. The quantitative estimate of drug-likeness (QED) is 0.642. The van der Waals surface area contributed by atoms with E-state index in [0.29, 0.717) is 6.61 Å². The first-order valence-electron chi connectivity index (χ1n) is 7.68. The van der Waals surface area contributed by atoms with Gasteiger partial charge in [-0.3, -0.25) is 4.79 Å². The van der Waals surface area contributed by atoms with E-state index < -0.39 is 11.9 Å². The molecular weight excluding hydrogens is 368 g/mol. The molecule has 0 aliphatic carbocycles. The summed E-state index contributed by atoms with van der Waals surface area (Å²) in [6.07, 6.45) is 0. The summed E-state index contributed by atoms with van der Waals surface area (Å²) in [5.74, 6) is -0.512. The number of benzene rings is 3. The Morgan fingerprint density at radius 2 is 1.79 bits per heavy atom. The zero-order valence-electron chi connectivity index (χ0n) is 13.2. The number of hydrogen-bond acceptors (Lipinski definition) is 2. The van der Waals surface area contributed by atoms with Crippen molar-refractivity contribution >= 4 is 32.7 Å². The first-order chi connectivity index (χ1) is 11.6. The normalized spacial score (nSPS) is 12.1. The van der Waals surface area contributed by atoms with E-state index in [2.05, 4.69) is 22.0 Å². The molecule has 1 unspecified atom stereocenters. The first-order valence-corrected chi connectivity index (χ1v) is 8.47. The van der Waals surface area contributed by atoms with Crippen molar-refractivity contribution in [1.82, 2.24) is 0 Å². The topological polar surface area (TPSA) is 46.5 Å². The molecule has 122 valence electrons. The minimum atomic E-state index is -0.821. The molecule has 0 spiro atoms. The van der Waals surface area contributed by atoms with Gasteiger partial charge in [0.25, 0.3) is 0 Å². The zero-order valence-corrected chi connectivity index (χ0v) is 14.8. The Kier molecular flexibility index (Phi) is 4.86. The van der Waals surface area contributed by atoms with Crippen LogP contribution in [-0.2, 0) is 11.4 Å². The Bertz CT molecular complexity index is 872. The second-order valence-electron chi connectivity index (χ2n) is 5.69. The number of fused-ring (bicyclic) bond motifs is 1. The highest BCUT2D eigenvalue weighted by Crippen LogP contribution is 2.34. The minimum Gasteiger partial charge on any atom is -0.487 e. The molecular formula is C20H17BrO3. The van der Waals surface area contributed by atoms with E-state index in [1.807, 2.05) is 54.6 Å². The van der Waals surface area contributed by atoms with Gasteiger partial charge in [0.2, 0.25) is 0 Å². The molecule has 3 rings (SSSR count). The number of ether oxygens (including phenoxy) is 1. The highest BCUT2D eigenvalue weighted by Gasteiger charge is 2.13. The van der Waals surface area contributed by atoms with Gasteiger partial charge in [0.15, 0.2) is 0 Å². The molecule has 4 heteroatoms. The van der Waals surface area contributed by atoms with Gasteiger partial charge in [0.1, 0.15) is 12.4 Å². The number of halogens is 1. The Morgan fingerprint density at radius 3 is 2.50 bits per heavy atom. The second-order valence-corrected chi connectivity index (χ2v) is 6.54. The van der Waals surface area contributed by atoms with Crippen molar-refractivity contribution in [1.29, 1.82) is 0 Å². The predicted octanol–water partition coefficient (Wildman–Crippen LogP) is 5.37. The summed E-state index contributed by atoms with van der Waals surface area (Å²) in [6.45, 7) is 2.11. The number of rotatable bonds is 5. The maximum absolute atomic E-state index is 11.0. The minimum absolute atomic E-state index is 0.425. The third-order valence-corrected chi connectivity index (χ3v) is 4.69. The van der Waals surface area contributed by atoms with Crippen LogP contribution in [0.5, 0.6) is 5.75 Å². The van der Waals surface area contributed by atoms with Gasteiger partial charge in [-0.15, -0.1) is 0 Å². The summed E-state index contributed by atoms with van der Waals surface area (Å²) in [7, 11) is 0. The molecule has 0 heterocycles. The van der Waals surface area contributed by atoms with E-state index in [9.17, 15) is 4.79 Å². The number of carboxylic acids is 1. The zero-order chi connectivity index (χ0) is 17.1. The molecule has 0 saturated heterocycles. The van der Waals surface area contributed by atoms with Gasteiger partial charge in [-0.1, -0.05) is 54.6 Å². The van der Waals surface area contributed by atoms with Crippen LogP contribution in [0.15, 0.2) is 65.1 Å². The first kappa shape index (κ1) is 16.5. The Balaban J connectivity index is 1.79. The van der Waals surface area contributed by atoms with Crippen LogP contribution in [0.3, 0.4) is 0 Å². The monoisotopic (exact) mass is 384 g/mol. The van der Waals surface area contributed by atoms with Gasteiger partial charge < -0.3 is 9.84 Å². The van der Waals surface area contributed by atoms with Crippen LogP contribution >= 0.6 is 15.9 Å². The second kappa shape index (κ2) is 7.05. The molecule has 0 aliphatic heterocycles. The summed E-state index contributed by atoms with van der Waals surface area (Å²) in [5, 5.41) is 11.2. The highest BCUT2D eigenvalue weighted by molar-refractivity contribution is 9.10. The lowest BCUT2D eigenvalue weighted by atomic mass is 10.0. The smallest absolute Gasteiger partial charge is 0.310 e. The van der Waals surface area contributed by atoms with Gasteiger partial charge in [-0.05, 0) is 45.4 Å². The summed E-state index contributed by atoms with van der Waals surface area (Å²) < 4.78 is 6.93. The molecule has 0 bridgehead atoms. The predicted molar refractivity (Wildman–Crippen MR) is 98.5 cm³/mol. The lowest BCUT2D eigenvalue weighted by Gasteiger charge is -2.12. The summed E-state index contributed by atoms with van der Waals surface area (Å²) >= 11 is 3.55. The van der Waals surface area contributed by atoms with Gasteiger partial charge in [0.05, 0.1) is 10.4 Å². The van der Waals surface area contributed by atoms with E-state index in [1.165, 1.54) is 0 Å². The maximum Gasteiger partial charge on any atom is 0.310 e. The molecule has 3 nitrogen and oxygen atoms in total. The van der Waals surface area contributed by atoms with E-state index in [4.69, 9.17) is 9.84 Å². The average Bonchev–Trinajstić information content (AvgIpc) is 2.60. The maximum atomic E-state index is 11.0. The fourth-order valence-electron chi connectivity index (χ4n) is 2.56. The number of carbonyl (C=O) groups is 1. The molecule has 0 radical (unpaired) electrons. The van der Waals surface area contributed by atoms with Crippen molar-refractivity contribution in [2.45, 2.75) is 19.4 Å². The van der Waals surface area contributed by atoms with Gasteiger partial charge in [-0.25, -0.2) is 0 Å². The van der Waals surface area contributed by atoms with Crippen LogP contribution in [-0.4, -0.2) is 11.1 Å². The number of carboxylic acid groups (broad SMARTS) is 1. The van der Waals surface area contributed by atoms with E-state index in [1.54, 1.807) is 6.92 Å². The van der Waals surface area contributed by atoms with Crippen molar-refractivity contribution in [2.75, 3.05) is 0 Å². The summed E-state index contributed by atoms with van der Waals surface area (Å²) in [6, 6.07) is 19.6. The molecule has 0 aliphatic rings. The van der Waals surface area contributed by atoms with E-state index in [-0.39, 0.29) is 0 Å². The van der Waals surface area contributed by atoms with Crippen molar-refractivity contribution in [2.24, 2.45) is 0 Å². The lowest BCUT2D eigenvalue weighted by molar-refractivity contribution is -0.138. The molecule has 1 atom stereocenters. The fourth-order valence-corrected chi connectivity index (χ4v) is 3.02. The van der Waals surface area contributed by atoms with Crippen molar-refractivity contribution < 1.29 is 14.6 Å². The molecule has 3 aromatic rings. The van der Waals surface area contributed by atoms with Crippen molar-refractivity contribution in [3.8, 4) is 5.75 Å². The SMILES string of the molecule is CC(C(=O)O)c1ccc(COc2c(Br)ccc3ccccc23)cc1.